The van der Waals surface area contributed by atoms with Crippen LogP contribution in [-0.4, -0.2) is 61.5 Å². The van der Waals surface area contributed by atoms with Gasteiger partial charge in [0.15, 0.2) is 0 Å². The zero-order chi connectivity index (χ0) is 30.7. The van der Waals surface area contributed by atoms with Gasteiger partial charge in [0.1, 0.15) is 4.90 Å². The zero-order valence-electron chi connectivity index (χ0n) is 24.6. The molecule has 2 fully saturated rings. The van der Waals surface area contributed by atoms with E-state index in [1.54, 1.807) is 0 Å². The minimum atomic E-state index is -3.69. The second-order valence-corrected chi connectivity index (χ2v) is 14.5. The molecule has 2 aliphatic rings. The average molecular weight is 661 g/mol. The second kappa shape index (κ2) is 17.1. The number of nitrogens with zero attached hydrogens (tertiary/aromatic N) is 2. The smallest absolute Gasteiger partial charge is 0.404 e. The lowest BCUT2D eigenvalue weighted by Gasteiger charge is -2.42. The number of carbonyl (C=O) groups is 1. The van der Waals surface area contributed by atoms with Crippen molar-refractivity contribution in [2.24, 2.45) is 5.92 Å². The number of carboxylic acid groups (broad SMARTS) is 1. The van der Waals surface area contributed by atoms with Gasteiger partial charge in [-0.3, -0.25) is 4.90 Å². The van der Waals surface area contributed by atoms with Crippen molar-refractivity contribution >= 4 is 50.9 Å². The van der Waals surface area contributed by atoms with Gasteiger partial charge in [0.05, 0.1) is 10.0 Å². The summed E-state index contributed by atoms with van der Waals surface area (Å²) in [6.07, 6.45) is 10.0. The number of unbranched alkanes of at least 4 members (excludes halogenated alkanes) is 2. The second-order valence-electron chi connectivity index (χ2n) is 11.2. The van der Waals surface area contributed by atoms with Crippen LogP contribution in [0.5, 0.6) is 0 Å². The summed E-state index contributed by atoms with van der Waals surface area (Å²) in [7, 11) is -2.17. The maximum atomic E-state index is 12.4. The molecule has 234 valence electrons. The van der Waals surface area contributed by atoms with Gasteiger partial charge in [-0.2, -0.15) is 0 Å². The van der Waals surface area contributed by atoms with Crippen LogP contribution in [0.4, 0.5) is 4.79 Å². The molecule has 0 spiro atoms. The molecule has 1 aliphatic heterocycles. The summed E-state index contributed by atoms with van der Waals surface area (Å²) in [6.45, 7) is 4.90. The van der Waals surface area contributed by atoms with Crippen molar-refractivity contribution in [2.45, 2.75) is 88.1 Å². The third-order valence-electron chi connectivity index (χ3n) is 8.18. The summed E-state index contributed by atoms with van der Waals surface area (Å²) in [5, 5.41) is 12.0. The Morgan fingerprint density at radius 2 is 1.60 bits per heavy atom. The maximum absolute atomic E-state index is 12.4. The van der Waals surface area contributed by atoms with Crippen LogP contribution in [0.15, 0.2) is 47.4 Å². The lowest BCUT2D eigenvalue weighted by atomic mass is 9.78. The molecular weight excluding hydrogens is 617 g/mol. The van der Waals surface area contributed by atoms with E-state index in [0.717, 1.165) is 44.9 Å². The first kappa shape index (κ1) is 34.9. The molecule has 1 unspecified atom stereocenters. The molecule has 1 aliphatic carbocycles. The number of sulfonamides is 1. The predicted octanol–water partition coefficient (Wildman–Crippen LogP) is 8.50. The zero-order valence-corrected chi connectivity index (χ0v) is 27.7. The Bertz CT molecular complexity index is 1210. The molecule has 1 amide bonds. The molecule has 4 rings (SSSR count). The van der Waals surface area contributed by atoms with Gasteiger partial charge >= 0.3 is 6.09 Å². The lowest BCUT2D eigenvalue weighted by molar-refractivity contribution is 0.0902. The van der Waals surface area contributed by atoms with E-state index in [2.05, 4.69) is 47.5 Å². The molecule has 1 atom stereocenters. The fourth-order valence-corrected chi connectivity index (χ4v) is 8.71. The molecule has 0 aromatic heterocycles. The number of rotatable bonds is 10. The van der Waals surface area contributed by atoms with Gasteiger partial charge in [-0.05, 0) is 81.6 Å². The van der Waals surface area contributed by atoms with E-state index >= 15 is 0 Å². The van der Waals surface area contributed by atoms with Gasteiger partial charge < -0.3 is 10.4 Å². The molecular formula is C31H44Cl3N3O4S. The van der Waals surface area contributed by atoms with Crippen LogP contribution in [0.1, 0.15) is 82.7 Å². The van der Waals surface area contributed by atoms with Crippen molar-refractivity contribution in [1.29, 1.82) is 0 Å². The summed E-state index contributed by atoms with van der Waals surface area (Å²) in [6, 6.07) is 14.3. The molecule has 11 heteroatoms. The van der Waals surface area contributed by atoms with Gasteiger partial charge in [0.25, 0.3) is 0 Å². The lowest BCUT2D eigenvalue weighted by Crippen LogP contribution is -2.42. The van der Waals surface area contributed by atoms with Gasteiger partial charge in [0.2, 0.25) is 10.0 Å². The van der Waals surface area contributed by atoms with Gasteiger partial charge in [-0.1, -0.05) is 91.3 Å². The summed E-state index contributed by atoms with van der Waals surface area (Å²) >= 11 is 17.7. The van der Waals surface area contributed by atoms with E-state index in [-0.39, 0.29) is 21.0 Å². The Balaban J connectivity index is 0.000000236. The highest BCUT2D eigenvalue weighted by Gasteiger charge is 2.33. The maximum Gasteiger partial charge on any atom is 0.404 e. The summed E-state index contributed by atoms with van der Waals surface area (Å²) in [4.78, 5) is 13.4. The van der Waals surface area contributed by atoms with Crippen molar-refractivity contribution in [3.05, 3.63) is 63.1 Å². The Morgan fingerprint density at radius 3 is 2.14 bits per heavy atom. The molecule has 0 radical (unpaired) electrons. The van der Waals surface area contributed by atoms with Crippen LogP contribution in [0, 0.1) is 5.92 Å². The van der Waals surface area contributed by atoms with Crippen LogP contribution in [-0.2, 0) is 10.0 Å². The predicted molar refractivity (Wildman–Crippen MR) is 172 cm³/mol. The van der Waals surface area contributed by atoms with Crippen molar-refractivity contribution < 1.29 is 18.3 Å². The number of likely N-dealkylation sites (tertiary alicyclic amines) is 1. The van der Waals surface area contributed by atoms with Gasteiger partial charge in [-0.15, -0.1) is 0 Å². The Kier molecular flexibility index (Phi) is 14.2. The summed E-state index contributed by atoms with van der Waals surface area (Å²) in [5.74, 6) is 0.641. The Labute approximate surface area is 266 Å². The molecule has 7 nitrogen and oxygen atoms in total. The fourth-order valence-electron chi connectivity index (χ4n) is 6.02. The number of amides is 1. The standard InChI is InChI=1S/C19H28N2O2.C12H16Cl3NO2S/c22-19(23)20-17-11-9-16(10-12-17)18(15-7-3-1-4-8-15)21-13-5-2-6-14-21;1-3-4-5-6-16(2)19(17,18)12-10(14)7-9(13)8-11(12)15/h1,3-4,7-8,16-18,20H,2,5-6,9-14H2,(H,22,23);7-8H,3-6H2,1-2H3. The van der Waals surface area contributed by atoms with Crippen LogP contribution in [0.2, 0.25) is 15.1 Å². The van der Waals surface area contributed by atoms with E-state index < -0.39 is 16.1 Å². The van der Waals surface area contributed by atoms with E-state index in [1.807, 2.05) is 0 Å². The minimum Gasteiger partial charge on any atom is -0.465 e. The van der Waals surface area contributed by atoms with E-state index in [1.165, 1.54) is 61.4 Å². The molecule has 2 N–H and O–H groups in total. The van der Waals surface area contributed by atoms with E-state index in [0.29, 0.717) is 23.5 Å². The fraction of sp³-hybridized carbons (Fsp3) is 0.581. The number of halogens is 3. The first-order valence-corrected chi connectivity index (χ1v) is 17.5. The molecule has 2 aromatic carbocycles. The third kappa shape index (κ3) is 10.00. The van der Waals surface area contributed by atoms with Crippen LogP contribution >= 0.6 is 34.8 Å². The van der Waals surface area contributed by atoms with Crippen LogP contribution in [0.25, 0.3) is 0 Å². The highest BCUT2D eigenvalue weighted by molar-refractivity contribution is 7.89. The first-order valence-electron chi connectivity index (χ1n) is 14.9. The van der Waals surface area contributed by atoms with Crippen molar-refractivity contribution in [3.63, 3.8) is 0 Å². The van der Waals surface area contributed by atoms with Gasteiger partial charge in [0, 0.05) is 30.7 Å². The molecule has 1 heterocycles. The Morgan fingerprint density at radius 1 is 1.00 bits per heavy atom. The normalized spacial score (nSPS) is 20.4. The molecule has 42 heavy (non-hydrogen) atoms. The number of hydrogen-bond acceptors (Lipinski definition) is 4. The third-order valence-corrected chi connectivity index (χ3v) is 11.2. The number of benzene rings is 2. The summed E-state index contributed by atoms with van der Waals surface area (Å²) in [5.41, 5.74) is 1.43. The monoisotopic (exact) mass is 659 g/mol. The van der Waals surface area contributed by atoms with Crippen molar-refractivity contribution in [3.8, 4) is 0 Å². The Hall–Kier alpha value is -1.55. The summed E-state index contributed by atoms with van der Waals surface area (Å²) < 4.78 is 26.1. The SMILES string of the molecule is CCCCCN(C)S(=O)(=O)c1c(Cl)cc(Cl)cc1Cl.O=C(O)NC1CCC(C(c2ccccc2)N2CCCCC2)CC1. The van der Waals surface area contributed by atoms with E-state index in [9.17, 15) is 13.2 Å². The van der Waals surface area contributed by atoms with Crippen molar-refractivity contribution in [2.75, 3.05) is 26.7 Å². The first-order chi connectivity index (χ1) is 20.0. The van der Waals surface area contributed by atoms with Crippen LogP contribution in [0.3, 0.4) is 0 Å². The molecule has 1 saturated carbocycles. The number of nitrogens with one attached hydrogen (secondary N) is 1. The topological polar surface area (TPSA) is 90.0 Å². The highest BCUT2D eigenvalue weighted by Crippen LogP contribution is 2.39. The average Bonchev–Trinajstić information content (AvgIpc) is 2.95. The number of piperidine rings is 1. The van der Waals surface area contributed by atoms with Crippen LogP contribution < -0.4 is 5.32 Å². The number of hydrogen-bond donors (Lipinski definition) is 2. The van der Waals surface area contributed by atoms with Gasteiger partial charge in [-0.25, -0.2) is 17.5 Å². The van der Waals surface area contributed by atoms with Crippen molar-refractivity contribution in [1.82, 2.24) is 14.5 Å². The molecule has 2 aromatic rings. The minimum absolute atomic E-state index is 0.0415. The largest absolute Gasteiger partial charge is 0.465 e. The molecule has 0 bridgehead atoms. The highest BCUT2D eigenvalue weighted by atomic mass is 35.5. The quantitative estimate of drug-likeness (QED) is 0.250. The molecule has 1 saturated heterocycles. The van der Waals surface area contributed by atoms with E-state index in [4.69, 9.17) is 39.9 Å².